The van der Waals surface area contributed by atoms with Crippen molar-refractivity contribution in [3.63, 3.8) is 0 Å². The fraction of sp³-hybridized carbons (Fsp3) is 0.900. The minimum absolute atomic E-state index is 0.110. The van der Waals surface area contributed by atoms with Crippen LogP contribution in [0.25, 0.3) is 0 Å². The number of nitrogens with one attached hydrogen (secondary N) is 1. The molecule has 0 spiro atoms. The van der Waals surface area contributed by atoms with E-state index in [1.807, 2.05) is 6.92 Å². The van der Waals surface area contributed by atoms with Crippen molar-refractivity contribution in [1.82, 2.24) is 5.32 Å². The number of hydrogen-bond donors (Lipinski definition) is 1. The molecule has 1 N–H and O–H groups in total. The Morgan fingerprint density at radius 2 is 2.23 bits per heavy atom. The lowest BCUT2D eigenvalue weighted by molar-refractivity contribution is -0.125. The molecule has 1 saturated carbocycles. The zero-order valence-electron chi connectivity index (χ0n) is 8.40. The number of amides is 1. The van der Waals surface area contributed by atoms with Crippen molar-refractivity contribution >= 4 is 21.8 Å². The summed E-state index contributed by atoms with van der Waals surface area (Å²) >= 11 is 3.44. The molecule has 1 aliphatic rings. The van der Waals surface area contributed by atoms with Gasteiger partial charge in [-0.1, -0.05) is 36.2 Å². The SMILES string of the molecule is CCCC(C)C(=O)NC1(CBr)CC1. The molecule has 1 rings (SSSR count). The molecule has 76 valence electrons. The van der Waals surface area contributed by atoms with Crippen LogP contribution in [0.15, 0.2) is 0 Å². The van der Waals surface area contributed by atoms with Crippen LogP contribution in [-0.4, -0.2) is 16.8 Å². The molecule has 0 aromatic carbocycles. The van der Waals surface area contributed by atoms with E-state index in [0.717, 1.165) is 31.0 Å². The minimum Gasteiger partial charge on any atom is -0.350 e. The summed E-state index contributed by atoms with van der Waals surface area (Å²) in [6.45, 7) is 4.12. The first kappa shape index (κ1) is 11.0. The first-order chi connectivity index (χ1) is 6.13. The molecule has 2 nitrogen and oxygen atoms in total. The number of alkyl halides is 1. The predicted octanol–water partition coefficient (Wildman–Crippen LogP) is 2.47. The van der Waals surface area contributed by atoms with Crippen LogP contribution in [0, 0.1) is 5.92 Å². The van der Waals surface area contributed by atoms with E-state index in [1.165, 1.54) is 0 Å². The van der Waals surface area contributed by atoms with Gasteiger partial charge in [-0.25, -0.2) is 0 Å². The maximum absolute atomic E-state index is 11.6. The number of halogens is 1. The third kappa shape index (κ3) is 2.97. The zero-order chi connectivity index (χ0) is 9.90. The highest BCUT2D eigenvalue weighted by Gasteiger charge is 2.43. The van der Waals surface area contributed by atoms with Crippen molar-refractivity contribution in [3.8, 4) is 0 Å². The van der Waals surface area contributed by atoms with Gasteiger partial charge in [0.1, 0.15) is 0 Å². The highest BCUT2D eigenvalue weighted by molar-refractivity contribution is 9.09. The Balaban J connectivity index is 2.32. The fourth-order valence-corrected chi connectivity index (χ4v) is 2.09. The van der Waals surface area contributed by atoms with E-state index in [2.05, 4.69) is 28.2 Å². The Labute approximate surface area is 88.6 Å². The molecule has 1 atom stereocenters. The summed E-state index contributed by atoms with van der Waals surface area (Å²) in [5, 5.41) is 4.01. The Morgan fingerprint density at radius 1 is 1.62 bits per heavy atom. The second kappa shape index (κ2) is 4.45. The Hall–Kier alpha value is -0.0500. The fourth-order valence-electron chi connectivity index (χ4n) is 1.39. The second-order valence-corrected chi connectivity index (χ2v) is 4.65. The number of hydrogen-bond acceptors (Lipinski definition) is 1. The van der Waals surface area contributed by atoms with Crippen molar-refractivity contribution in [2.45, 2.75) is 45.1 Å². The quantitative estimate of drug-likeness (QED) is 0.744. The molecule has 1 unspecified atom stereocenters. The second-order valence-electron chi connectivity index (χ2n) is 4.09. The van der Waals surface area contributed by atoms with Gasteiger partial charge < -0.3 is 5.32 Å². The van der Waals surface area contributed by atoms with Gasteiger partial charge in [-0.15, -0.1) is 0 Å². The summed E-state index contributed by atoms with van der Waals surface area (Å²) in [5.74, 6) is 0.389. The summed E-state index contributed by atoms with van der Waals surface area (Å²) < 4.78 is 0. The van der Waals surface area contributed by atoms with Crippen LogP contribution in [0.4, 0.5) is 0 Å². The maximum atomic E-state index is 11.6. The lowest BCUT2D eigenvalue weighted by Gasteiger charge is -2.17. The lowest BCUT2D eigenvalue weighted by Crippen LogP contribution is -2.41. The molecule has 1 amide bonds. The summed E-state index contributed by atoms with van der Waals surface area (Å²) in [6.07, 6.45) is 4.33. The van der Waals surface area contributed by atoms with Gasteiger partial charge in [-0.2, -0.15) is 0 Å². The molecular weight excluding hydrogens is 230 g/mol. The van der Waals surface area contributed by atoms with Crippen molar-refractivity contribution in [1.29, 1.82) is 0 Å². The number of rotatable bonds is 5. The smallest absolute Gasteiger partial charge is 0.223 e. The highest BCUT2D eigenvalue weighted by atomic mass is 79.9. The predicted molar refractivity (Wildman–Crippen MR) is 58.0 cm³/mol. The van der Waals surface area contributed by atoms with Crippen molar-refractivity contribution in [2.75, 3.05) is 5.33 Å². The third-order valence-electron chi connectivity index (χ3n) is 2.67. The standard InChI is InChI=1S/C10H18BrNO/c1-3-4-8(2)9(13)12-10(7-11)5-6-10/h8H,3-7H2,1-2H3,(H,12,13). The Bertz CT molecular complexity index is 189. The summed E-state index contributed by atoms with van der Waals surface area (Å²) in [5.41, 5.74) is 0.110. The molecule has 0 aromatic heterocycles. The van der Waals surface area contributed by atoms with E-state index >= 15 is 0 Å². The van der Waals surface area contributed by atoms with Gasteiger partial charge in [-0.3, -0.25) is 4.79 Å². The number of carbonyl (C=O) groups is 1. The molecule has 3 heteroatoms. The monoisotopic (exact) mass is 247 g/mol. The van der Waals surface area contributed by atoms with Gasteiger partial charge in [0.15, 0.2) is 0 Å². The maximum Gasteiger partial charge on any atom is 0.223 e. The first-order valence-electron chi connectivity index (χ1n) is 5.01. The molecule has 0 bridgehead atoms. The van der Waals surface area contributed by atoms with Gasteiger partial charge in [0.25, 0.3) is 0 Å². The topological polar surface area (TPSA) is 29.1 Å². The van der Waals surface area contributed by atoms with Gasteiger partial charge in [0, 0.05) is 16.8 Å². The van der Waals surface area contributed by atoms with E-state index in [1.54, 1.807) is 0 Å². The molecule has 0 radical (unpaired) electrons. The summed E-state index contributed by atoms with van der Waals surface area (Å²) in [7, 11) is 0. The van der Waals surface area contributed by atoms with Crippen LogP contribution in [0.2, 0.25) is 0 Å². The van der Waals surface area contributed by atoms with Gasteiger partial charge >= 0.3 is 0 Å². The Morgan fingerprint density at radius 3 is 2.62 bits per heavy atom. The van der Waals surface area contributed by atoms with E-state index in [4.69, 9.17) is 0 Å². The zero-order valence-corrected chi connectivity index (χ0v) is 9.99. The van der Waals surface area contributed by atoms with Gasteiger partial charge in [0.05, 0.1) is 0 Å². The number of carbonyl (C=O) groups excluding carboxylic acids is 1. The molecule has 0 saturated heterocycles. The normalized spacial score (nSPS) is 20.8. The van der Waals surface area contributed by atoms with Crippen LogP contribution < -0.4 is 5.32 Å². The molecule has 1 aliphatic carbocycles. The average molecular weight is 248 g/mol. The minimum atomic E-state index is 0.110. The van der Waals surface area contributed by atoms with Crippen molar-refractivity contribution in [3.05, 3.63) is 0 Å². The molecule has 1 fully saturated rings. The average Bonchev–Trinajstić information content (AvgIpc) is 2.86. The molecule has 0 heterocycles. The van der Waals surface area contributed by atoms with E-state index in [-0.39, 0.29) is 17.4 Å². The third-order valence-corrected chi connectivity index (χ3v) is 3.74. The molecule has 0 aromatic rings. The Kier molecular flexibility index (Phi) is 3.77. The molecule has 0 aliphatic heterocycles. The van der Waals surface area contributed by atoms with E-state index in [0.29, 0.717) is 0 Å². The highest BCUT2D eigenvalue weighted by Crippen LogP contribution is 2.37. The van der Waals surface area contributed by atoms with E-state index in [9.17, 15) is 4.79 Å². The van der Waals surface area contributed by atoms with Crippen LogP contribution in [-0.2, 0) is 4.79 Å². The largest absolute Gasteiger partial charge is 0.350 e. The first-order valence-corrected chi connectivity index (χ1v) is 6.13. The molecular formula is C10H18BrNO. The van der Waals surface area contributed by atoms with Crippen LogP contribution >= 0.6 is 15.9 Å². The lowest BCUT2D eigenvalue weighted by atomic mass is 10.1. The van der Waals surface area contributed by atoms with E-state index < -0.39 is 0 Å². The van der Waals surface area contributed by atoms with Crippen LogP contribution in [0.1, 0.15) is 39.5 Å². The van der Waals surface area contributed by atoms with Crippen LogP contribution in [0.3, 0.4) is 0 Å². The van der Waals surface area contributed by atoms with Crippen LogP contribution in [0.5, 0.6) is 0 Å². The molecule has 13 heavy (non-hydrogen) atoms. The summed E-state index contributed by atoms with van der Waals surface area (Å²) in [6, 6.07) is 0. The summed E-state index contributed by atoms with van der Waals surface area (Å²) in [4.78, 5) is 11.6. The van der Waals surface area contributed by atoms with Gasteiger partial charge in [-0.05, 0) is 19.3 Å². The van der Waals surface area contributed by atoms with Crippen molar-refractivity contribution in [2.24, 2.45) is 5.92 Å². The van der Waals surface area contributed by atoms with Crippen molar-refractivity contribution < 1.29 is 4.79 Å². The van der Waals surface area contributed by atoms with Gasteiger partial charge in [0.2, 0.25) is 5.91 Å².